The van der Waals surface area contributed by atoms with Crippen LogP contribution in [0.3, 0.4) is 0 Å². The maximum atomic E-state index is 11.9. The lowest BCUT2D eigenvalue weighted by Gasteiger charge is -2.08. The van der Waals surface area contributed by atoms with E-state index >= 15 is 0 Å². The summed E-state index contributed by atoms with van der Waals surface area (Å²) in [5, 5.41) is 7.13. The summed E-state index contributed by atoms with van der Waals surface area (Å²) in [5.74, 6) is -0.0160. The molecule has 0 aliphatic heterocycles. The molecule has 1 heterocycles. The maximum Gasteiger partial charge on any atom is 0.226 e. The van der Waals surface area contributed by atoms with Gasteiger partial charge in [0.25, 0.3) is 0 Å². The van der Waals surface area contributed by atoms with Gasteiger partial charge in [-0.05, 0) is 53.5 Å². The van der Waals surface area contributed by atoms with Gasteiger partial charge in [0.15, 0.2) is 0 Å². The second kappa shape index (κ2) is 6.02. The summed E-state index contributed by atoms with van der Waals surface area (Å²) in [4.78, 5) is 11.9. The van der Waals surface area contributed by atoms with Crippen LogP contribution in [-0.2, 0) is 11.3 Å². The third-order valence-electron chi connectivity index (χ3n) is 2.74. The van der Waals surface area contributed by atoms with Crippen molar-refractivity contribution >= 4 is 27.5 Å². The second-order valence-corrected chi connectivity index (χ2v) is 5.36. The summed E-state index contributed by atoms with van der Waals surface area (Å²) in [5.41, 5.74) is 2.91. The summed E-state index contributed by atoms with van der Waals surface area (Å²) < 4.78 is 2.68. The Morgan fingerprint density at radius 2 is 2.16 bits per heavy atom. The molecule has 0 radical (unpaired) electrons. The number of hydrogen-bond acceptors (Lipinski definition) is 2. The zero-order chi connectivity index (χ0) is 13.8. The third kappa shape index (κ3) is 3.92. The number of carbonyl (C=O) groups is 1. The van der Waals surface area contributed by atoms with Crippen LogP contribution >= 0.6 is 15.9 Å². The number of halogens is 1. The van der Waals surface area contributed by atoms with Crippen molar-refractivity contribution in [3.63, 3.8) is 0 Å². The summed E-state index contributed by atoms with van der Waals surface area (Å²) in [7, 11) is 0. The lowest BCUT2D eigenvalue weighted by Crippen LogP contribution is -2.15. The molecule has 1 N–H and O–H groups in total. The molecule has 1 aromatic heterocycles. The molecule has 0 spiro atoms. The first kappa shape index (κ1) is 13.8. The van der Waals surface area contributed by atoms with Crippen LogP contribution in [0.25, 0.3) is 0 Å². The van der Waals surface area contributed by atoms with Gasteiger partial charge in [-0.3, -0.25) is 9.48 Å². The highest BCUT2D eigenvalue weighted by atomic mass is 79.9. The highest BCUT2D eigenvalue weighted by Crippen LogP contribution is 2.23. The molecule has 0 aliphatic rings. The predicted molar refractivity (Wildman–Crippen MR) is 79.1 cm³/mol. The molecular formula is C14H16BrN3O. The lowest BCUT2D eigenvalue weighted by atomic mass is 10.2. The fourth-order valence-corrected chi connectivity index (χ4v) is 2.33. The van der Waals surface area contributed by atoms with Gasteiger partial charge in [-0.25, -0.2) is 0 Å². The van der Waals surface area contributed by atoms with Gasteiger partial charge >= 0.3 is 0 Å². The first-order chi connectivity index (χ1) is 9.04. The van der Waals surface area contributed by atoms with Crippen molar-refractivity contribution in [2.24, 2.45) is 0 Å². The molecule has 0 saturated heterocycles. The van der Waals surface area contributed by atoms with E-state index in [9.17, 15) is 4.79 Å². The molecule has 19 heavy (non-hydrogen) atoms. The van der Waals surface area contributed by atoms with Crippen LogP contribution < -0.4 is 5.32 Å². The van der Waals surface area contributed by atoms with Gasteiger partial charge in [0.1, 0.15) is 0 Å². The molecule has 2 aromatic rings. The quantitative estimate of drug-likeness (QED) is 0.939. The van der Waals surface area contributed by atoms with Crippen LogP contribution in [0.4, 0.5) is 5.69 Å². The largest absolute Gasteiger partial charge is 0.325 e. The average Bonchev–Trinajstić information content (AvgIpc) is 2.76. The number of aromatic nitrogens is 2. The molecule has 0 unspecified atom stereocenters. The highest BCUT2D eigenvalue weighted by molar-refractivity contribution is 9.10. The Hall–Kier alpha value is -1.62. The Bertz CT molecular complexity index is 592. The molecule has 0 bridgehead atoms. The molecule has 5 heteroatoms. The minimum Gasteiger partial charge on any atom is -0.325 e. The van der Waals surface area contributed by atoms with E-state index in [2.05, 4.69) is 26.3 Å². The topological polar surface area (TPSA) is 46.9 Å². The molecule has 0 fully saturated rings. The van der Waals surface area contributed by atoms with Gasteiger partial charge in [-0.2, -0.15) is 5.10 Å². The maximum absolute atomic E-state index is 11.9. The Morgan fingerprint density at radius 1 is 1.37 bits per heavy atom. The number of amides is 1. The van der Waals surface area contributed by atoms with Gasteiger partial charge in [0.2, 0.25) is 5.91 Å². The van der Waals surface area contributed by atoms with Crippen molar-refractivity contribution in [3.8, 4) is 0 Å². The number of nitrogens with one attached hydrogen (secondary N) is 1. The standard InChI is InChI=1S/C14H16BrN3O/c1-10-3-4-13(12(15)9-10)16-14(19)6-8-18-7-5-11(2)17-18/h3-5,7,9H,6,8H2,1-2H3,(H,16,19). The van der Waals surface area contributed by atoms with Crippen molar-refractivity contribution < 1.29 is 4.79 Å². The number of anilines is 1. The minimum absolute atomic E-state index is 0.0160. The van der Waals surface area contributed by atoms with Crippen LogP contribution in [0.2, 0.25) is 0 Å². The average molecular weight is 322 g/mol. The summed E-state index contributed by atoms with van der Waals surface area (Å²) in [6.45, 7) is 4.53. The van der Waals surface area contributed by atoms with Crippen LogP contribution in [0, 0.1) is 13.8 Å². The molecule has 2 rings (SSSR count). The van der Waals surface area contributed by atoms with Crippen molar-refractivity contribution in [2.45, 2.75) is 26.8 Å². The van der Waals surface area contributed by atoms with E-state index in [-0.39, 0.29) is 5.91 Å². The smallest absolute Gasteiger partial charge is 0.226 e. The highest BCUT2D eigenvalue weighted by Gasteiger charge is 2.06. The molecule has 100 valence electrons. The number of rotatable bonds is 4. The van der Waals surface area contributed by atoms with E-state index in [4.69, 9.17) is 0 Å². The van der Waals surface area contributed by atoms with Crippen molar-refractivity contribution in [1.29, 1.82) is 0 Å². The molecule has 1 amide bonds. The van der Waals surface area contributed by atoms with E-state index in [1.54, 1.807) is 4.68 Å². The van der Waals surface area contributed by atoms with Crippen LogP contribution in [0.1, 0.15) is 17.7 Å². The van der Waals surface area contributed by atoms with Crippen LogP contribution in [0.15, 0.2) is 34.9 Å². The number of benzene rings is 1. The zero-order valence-corrected chi connectivity index (χ0v) is 12.6. The van der Waals surface area contributed by atoms with E-state index in [0.717, 1.165) is 21.4 Å². The first-order valence-corrected chi connectivity index (χ1v) is 6.90. The molecule has 0 aliphatic carbocycles. The molecule has 1 aromatic carbocycles. The van der Waals surface area contributed by atoms with Gasteiger partial charge in [-0.15, -0.1) is 0 Å². The van der Waals surface area contributed by atoms with E-state index in [0.29, 0.717) is 13.0 Å². The number of nitrogens with zero attached hydrogens (tertiary/aromatic N) is 2. The predicted octanol–water partition coefficient (Wildman–Crippen LogP) is 3.29. The Balaban J connectivity index is 1.90. The summed E-state index contributed by atoms with van der Waals surface area (Å²) in [6.07, 6.45) is 2.28. The first-order valence-electron chi connectivity index (χ1n) is 6.10. The van der Waals surface area contributed by atoms with Gasteiger partial charge < -0.3 is 5.32 Å². The van der Waals surface area contributed by atoms with Crippen molar-refractivity contribution in [2.75, 3.05) is 5.32 Å². The summed E-state index contributed by atoms with van der Waals surface area (Å²) in [6, 6.07) is 7.77. The number of carbonyl (C=O) groups excluding carboxylic acids is 1. The summed E-state index contributed by atoms with van der Waals surface area (Å²) >= 11 is 3.44. The Kier molecular flexibility index (Phi) is 4.37. The number of hydrogen-bond donors (Lipinski definition) is 1. The SMILES string of the molecule is Cc1ccc(NC(=O)CCn2ccc(C)n2)c(Br)c1. The Labute approximate surface area is 120 Å². The molecule has 0 saturated carbocycles. The van der Waals surface area contributed by atoms with Crippen LogP contribution in [0.5, 0.6) is 0 Å². The van der Waals surface area contributed by atoms with Crippen molar-refractivity contribution in [3.05, 3.63) is 46.2 Å². The van der Waals surface area contributed by atoms with Gasteiger partial charge in [-0.1, -0.05) is 6.07 Å². The van der Waals surface area contributed by atoms with Crippen LogP contribution in [-0.4, -0.2) is 15.7 Å². The second-order valence-electron chi connectivity index (χ2n) is 4.50. The van der Waals surface area contributed by atoms with Crippen molar-refractivity contribution in [1.82, 2.24) is 9.78 Å². The molecule has 4 nitrogen and oxygen atoms in total. The van der Waals surface area contributed by atoms with E-state index in [1.165, 1.54) is 0 Å². The Morgan fingerprint density at radius 3 is 2.79 bits per heavy atom. The lowest BCUT2D eigenvalue weighted by molar-refractivity contribution is -0.116. The van der Waals surface area contributed by atoms with E-state index < -0.39 is 0 Å². The zero-order valence-electron chi connectivity index (χ0n) is 11.0. The fourth-order valence-electron chi connectivity index (χ4n) is 1.74. The number of aryl methyl sites for hydroxylation is 3. The monoisotopic (exact) mass is 321 g/mol. The third-order valence-corrected chi connectivity index (χ3v) is 3.40. The fraction of sp³-hybridized carbons (Fsp3) is 0.286. The minimum atomic E-state index is -0.0160. The molecular weight excluding hydrogens is 306 g/mol. The normalized spacial score (nSPS) is 10.5. The molecule has 0 atom stereocenters. The van der Waals surface area contributed by atoms with Gasteiger partial charge in [0.05, 0.1) is 11.4 Å². The van der Waals surface area contributed by atoms with E-state index in [1.807, 2.05) is 44.3 Å². The van der Waals surface area contributed by atoms with Gasteiger partial charge in [0, 0.05) is 23.6 Å².